The molecule has 8 rings (SSSR count). The summed E-state index contributed by atoms with van der Waals surface area (Å²) in [5.74, 6) is 1.54. The second kappa shape index (κ2) is 11.2. The van der Waals surface area contributed by atoms with Crippen molar-refractivity contribution in [2.45, 2.75) is 94.9 Å². The van der Waals surface area contributed by atoms with Crippen LogP contribution in [-0.2, 0) is 16.8 Å². The van der Waals surface area contributed by atoms with Crippen LogP contribution in [0, 0.1) is 0 Å². The fourth-order valence-corrected chi connectivity index (χ4v) is 7.17. The molecule has 0 saturated heterocycles. The summed E-state index contributed by atoms with van der Waals surface area (Å²) in [6, 6.07) is 4.80. The Morgan fingerprint density at radius 3 is 2.36 bits per heavy atom. The van der Waals surface area contributed by atoms with E-state index in [0.29, 0.717) is 56.9 Å². The second-order valence-corrected chi connectivity index (χ2v) is 13.3. The Bertz CT molecular complexity index is 1680. The van der Waals surface area contributed by atoms with E-state index in [-0.39, 0.29) is 22.7 Å². The highest BCUT2D eigenvalue weighted by atomic mass is 35.5. The molecule has 230 valence electrons. The Balaban J connectivity index is 1.09. The fraction of sp³-hybridized carbons (Fsp3) is 0.469. The number of ether oxygens (including phenoxy) is 2. The van der Waals surface area contributed by atoms with E-state index < -0.39 is 5.97 Å². The molecule has 2 bridgehead atoms. The quantitative estimate of drug-likeness (QED) is 0.182. The lowest BCUT2D eigenvalue weighted by Gasteiger charge is -2.51. The third-order valence-electron chi connectivity index (χ3n) is 9.22. The topological polar surface area (TPSA) is 134 Å². The molecule has 44 heavy (non-hydrogen) atoms. The standard InChI is InChI=1S/C32H32Cl2N4O6/c1-17(2)42-21-12-19(11-20(13-21)29(39)40)28-36-30(44-38-28)31-5-8-32(9-6-31,10-7-31)41-16-22-26(37-43-27(22)18-3-4-18)25-23(33)14-35-15-24(25)34/h11-15,17-18H,3-10,16H2,1-2H3,(H,39,40). The summed E-state index contributed by atoms with van der Waals surface area (Å²) in [5, 5.41) is 19.1. The van der Waals surface area contributed by atoms with E-state index in [2.05, 4.69) is 15.3 Å². The van der Waals surface area contributed by atoms with Gasteiger partial charge in [-0.1, -0.05) is 33.5 Å². The molecule has 0 amide bonds. The van der Waals surface area contributed by atoms with Gasteiger partial charge in [-0.05, 0) is 83.4 Å². The van der Waals surface area contributed by atoms with E-state index in [1.54, 1.807) is 24.5 Å². The number of carboxylic acid groups (broad SMARTS) is 1. The number of aromatic nitrogens is 4. The van der Waals surface area contributed by atoms with E-state index in [9.17, 15) is 9.90 Å². The zero-order chi connectivity index (χ0) is 30.6. The van der Waals surface area contributed by atoms with Crippen LogP contribution in [0.1, 0.15) is 98.7 Å². The zero-order valence-electron chi connectivity index (χ0n) is 24.4. The van der Waals surface area contributed by atoms with Crippen LogP contribution < -0.4 is 4.74 Å². The lowest BCUT2D eigenvalue weighted by Crippen LogP contribution is -2.49. The molecule has 0 atom stereocenters. The number of aromatic carboxylic acids is 1. The van der Waals surface area contributed by atoms with Crippen LogP contribution >= 0.6 is 23.2 Å². The largest absolute Gasteiger partial charge is 0.491 e. The third kappa shape index (κ3) is 5.37. The first kappa shape index (κ1) is 29.3. The predicted octanol–water partition coefficient (Wildman–Crippen LogP) is 8.02. The molecule has 4 saturated carbocycles. The molecular weight excluding hydrogens is 607 g/mol. The summed E-state index contributed by atoms with van der Waals surface area (Å²) < 4.78 is 24.2. The van der Waals surface area contributed by atoms with Crippen LogP contribution in [0.15, 0.2) is 39.6 Å². The van der Waals surface area contributed by atoms with Gasteiger partial charge in [-0.3, -0.25) is 4.98 Å². The van der Waals surface area contributed by atoms with E-state index in [0.717, 1.165) is 62.7 Å². The molecule has 0 radical (unpaired) electrons. The van der Waals surface area contributed by atoms with Gasteiger partial charge in [-0.25, -0.2) is 4.79 Å². The second-order valence-electron chi connectivity index (χ2n) is 12.5. The Morgan fingerprint density at radius 2 is 1.73 bits per heavy atom. The van der Waals surface area contributed by atoms with E-state index in [4.69, 9.17) is 46.7 Å². The highest BCUT2D eigenvalue weighted by Gasteiger charge is 2.53. The molecule has 0 spiro atoms. The lowest BCUT2D eigenvalue weighted by molar-refractivity contribution is -0.130. The first-order valence-corrected chi connectivity index (χ1v) is 15.7. The van der Waals surface area contributed by atoms with Crippen molar-refractivity contribution >= 4 is 29.2 Å². The van der Waals surface area contributed by atoms with Crippen LogP contribution in [-0.4, -0.2) is 43.1 Å². The molecule has 0 aliphatic heterocycles. The number of pyridine rings is 1. The minimum atomic E-state index is -1.05. The van der Waals surface area contributed by atoms with Gasteiger partial charge in [-0.2, -0.15) is 4.98 Å². The normalized spacial score (nSPS) is 22.9. The van der Waals surface area contributed by atoms with Crippen molar-refractivity contribution in [2.75, 3.05) is 0 Å². The summed E-state index contributed by atoms with van der Waals surface area (Å²) in [7, 11) is 0. The number of carboxylic acids is 1. The van der Waals surface area contributed by atoms with Gasteiger partial charge in [0.15, 0.2) is 0 Å². The monoisotopic (exact) mass is 638 g/mol. The molecule has 1 N–H and O–H groups in total. The molecule has 1 aromatic carbocycles. The van der Waals surface area contributed by atoms with Gasteiger partial charge in [0.2, 0.25) is 11.7 Å². The molecule has 4 aliphatic rings. The van der Waals surface area contributed by atoms with Crippen LogP contribution in [0.25, 0.3) is 22.6 Å². The van der Waals surface area contributed by atoms with Gasteiger partial charge >= 0.3 is 5.97 Å². The number of benzene rings is 1. The number of fused-ring (bicyclic) bond motifs is 3. The highest BCUT2D eigenvalue weighted by Crippen LogP contribution is 2.55. The SMILES string of the molecule is CC(C)Oc1cc(C(=O)O)cc(-c2noc(C34CCC(OCc5c(-c6c(Cl)cncc6Cl)noc5C5CC5)(CC3)CC4)n2)c1. The summed E-state index contributed by atoms with van der Waals surface area (Å²) in [6.07, 6.45) is 10.2. The summed E-state index contributed by atoms with van der Waals surface area (Å²) >= 11 is 13.0. The van der Waals surface area contributed by atoms with E-state index >= 15 is 0 Å². The number of rotatable bonds is 10. The molecule has 3 aromatic heterocycles. The molecule has 0 unspecified atom stereocenters. The van der Waals surface area contributed by atoms with Crippen molar-refractivity contribution in [3.05, 3.63) is 63.4 Å². The average molecular weight is 640 g/mol. The summed E-state index contributed by atoms with van der Waals surface area (Å²) in [6.45, 7) is 4.13. The Labute approximate surface area is 264 Å². The third-order valence-corrected chi connectivity index (χ3v) is 9.79. The zero-order valence-corrected chi connectivity index (χ0v) is 26.0. The van der Waals surface area contributed by atoms with Crippen molar-refractivity contribution in [3.8, 4) is 28.4 Å². The van der Waals surface area contributed by atoms with Crippen LogP contribution in [0.2, 0.25) is 10.0 Å². The maximum atomic E-state index is 11.8. The van der Waals surface area contributed by atoms with Crippen molar-refractivity contribution in [2.24, 2.45) is 0 Å². The van der Waals surface area contributed by atoms with Gasteiger partial charge in [-0.15, -0.1) is 0 Å². The van der Waals surface area contributed by atoms with E-state index in [1.807, 2.05) is 13.8 Å². The molecule has 12 heteroatoms. The number of halogens is 2. The number of hydrogen-bond donors (Lipinski definition) is 1. The van der Waals surface area contributed by atoms with Crippen molar-refractivity contribution in [3.63, 3.8) is 0 Å². The Morgan fingerprint density at radius 1 is 1.02 bits per heavy atom. The molecule has 10 nitrogen and oxygen atoms in total. The molecule has 3 heterocycles. The molecule has 4 aliphatic carbocycles. The van der Waals surface area contributed by atoms with Gasteiger partial charge < -0.3 is 23.6 Å². The number of carbonyl (C=O) groups is 1. The van der Waals surface area contributed by atoms with Gasteiger partial charge in [0.1, 0.15) is 17.2 Å². The molecular formula is C32H32Cl2N4O6. The maximum Gasteiger partial charge on any atom is 0.335 e. The van der Waals surface area contributed by atoms with Crippen molar-refractivity contribution < 1.29 is 28.4 Å². The van der Waals surface area contributed by atoms with E-state index in [1.165, 1.54) is 6.07 Å². The summed E-state index contributed by atoms with van der Waals surface area (Å²) in [5.41, 5.74) is 2.28. The first-order chi connectivity index (χ1) is 21.2. The number of hydrogen-bond acceptors (Lipinski definition) is 9. The first-order valence-electron chi connectivity index (χ1n) is 15.0. The highest BCUT2D eigenvalue weighted by molar-refractivity contribution is 6.38. The van der Waals surface area contributed by atoms with Gasteiger partial charge in [0.05, 0.1) is 39.3 Å². The van der Waals surface area contributed by atoms with Crippen LogP contribution in [0.4, 0.5) is 0 Å². The van der Waals surface area contributed by atoms with Crippen LogP contribution in [0.3, 0.4) is 0 Å². The average Bonchev–Trinajstić information content (AvgIpc) is 3.56. The van der Waals surface area contributed by atoms with Crippen molar-refractivity contribution in [1.29, 1.82) is 0 Å². The molecule has 4 fully saturated rings. The number of nitrogens with zero attached hydrogens (tertiary/aromatic N) is 4. The van der Waals surface area contributed by atoms with Crippen molar-refractivity contribution in [1.82, 2.24) is 20.3 Å². The Kier molecular flexibility index (Phi) is 7.42. The lowest BCUT2D eigenvalue weighted by atomic mass is 9.58. The predicted molar refractivity (Wildman–Crippen MR) is 161 cm³/mol. The van der Waals surface area contributed by atoms with Gasteiger partial charge in [0.25, 0.3) is 0 Å². The maximum absolute atomic E-state index is 11.8. The Hall–Kier alpha value is -3.47. The van der Waals surface area contributed by atoms with Gasteiger partial charge in [0, 0.05) is 35.0 Å². The minimum absolute atomic E-state index is 0.106. The minimum Gasteiger partial charge on any atom is -0.491 e. The summed E-state index contributed by atoms with van der Waals surface area (Å²) in [4.78, 5) is 20.6. The van der Waals surface area contributed by atoms with Crippen LogP contribution in [0.5, 0.6) is 5.75 Å². The fourth-order valence-electron chi connectivity index (χ4n) is 6.62. The molecule has 4 aromatic rings. The smallest absolute Gasteiger partial charge is 0.335 e.